The Bertz CT molecular complexity index is 742. The molecule has 0 aliphatic carbocycles. The summed E-state index contributed by atoms with van der Waals surface area (Å²) in [7, 11) is 1.73. The number of carbonyl (C=O) groups excluding carboxylic acids is 2. The molecule has 0 aliphatic rings. The maximum Gasteiger partial charge on any atom is 0.204 e. The van der Waals surface area contributed by atoms with Gasteiger partial charge in [0.25, 0.3) is 0 Å². The van der Waals surface area contributed by atoms with Gasteiger partial charge >= 0.3 is 0 Å². The summed E-state index contributed by atoms with van der Waals surface area (Å²) in [5.74, 6) is 0. The monoisotopic (exact) mass is 631 g/mol. The number of hydrogen-bond acceptors (Lipinski definition) is 8. The maximum absolute atomic E-state index is 9.82. The van der Waals surface area contributed by atoms with Crippen molar-refractivity contribution in [2.24, 2.45) is 22.6 Å². The van der Waals surface area contributed by atoms with Crippen LogP contribution >= 0.6 is 11.3 Å². The summed E-state index contributed by atoms with van der Waals surface area (Å²) in [4.78, 5) is 23.8. The Balaban J connectivity index is -0.000000131. The summed E-state index contributed by atoms with van der Waals surface area (Å²) in [6.07, 6.45) is 2.19. The van der Waals surface area contributed by atoms with E-state index in [1.54, 1.807) is 18.4 Å². The number of nitrogens with two attached hydrogens (primary N) is 3. The van der Waals surface area contributed by atoms with Crippen LogP contribution in [-0.2, 0) is 48.9 Å². The van der Waals surface area contributed by atoms with Crippen molar-refractivity contribution in [1.29, 1.82) is 0 Å². The molecule has 2 aromatic rings. The molecule has 0 bridgehead atoms. The first-order valence-electron chi connectivity index (χ1n) is 12.3. The number of aromatic nitrogens is 1. The maximum atomic E-state index is 9.82. The first-order chi connectivity index (χ1) is 17.5. The number of hydrogen-bond donors (Lipinski definition) is 5. The Morgan fingerprint density at radius 1 is 1.13 bits per heavy atom. The summed E-state index contributed by atoms with van der Waals surface area (Å²) in [5.41, 5.74) is 19.3. The summed E-state index contributed by atoms with van der Waals surface area (Å²) in [5, 5.41) is 21.5. The first-order valence-corrected chi connectivity index (χ1v) is 13.2. The normalized spacial score (nSPS) is 9.79. The van der Waals surface area contributed by atoms with Crippen molar-refractivity contribution in [1.82, 2.24) is 4.98 Å². The molecule has 1 atom stereocenters. The van der Waals surface area contributed by atoms with Crippen LogP contribution in [0.4, 0.5) is 0 Å². The third kappa shape index (κ3) is 32.9. The smallest absolute Gasteiger partial charge is 0.204 e. The molecule has 0 saturated carbocycles. The van der Waals surface area contributed by atoms with Crippen LogP contribution < -0.4 is 17.2 Å². The van der Waals surface area contributed by atoms with Crippen LogP contribution in [0.15, 0.2) is 29.8 Å². The predicted molar refractivity (Wildman–Crippen MR) is 159 cm³/mol. The van der Waals surface area contributed by atoms with Crippen molar-refractivity contribution in [3.8, 4) is 10.4 Å². The minimum absolute atomic E-state index is 0. The van der Waals surface area contributed by atoms with E-state index in [9.17, 15) is 4.79 Å². The molecule has 1 unspecified atom stereocenters. The van der Waals surface area contributed by atoms with Crippen LogP contribution in [0.3, 0.4) is 0 Å². The van der Waals surface area contributed by atoms with E-state index >= 15 is 0 Å². The summed E-state index contributed by atoms with van der Waals surface area (Å²) in [6.45, 7) is 15.9. The van der Waals surface area contributed by atoms with Gasteiger partial charge < -0.3 is 37.5 Å². The molecule has 8 N–H and O–H groups in total. The van der Waals surface area contributed by atoms with Crippen molar-refractivity contribution in [3.63, 3.8) is 0 Å². The SMILES string of the molecule is CC.CC(C)(C)CC=O.CCN.C[N-]CCC(O)CN.Cc1ncsc1-c1ccc(CO)cc1.NC=O.[Y]. The number of carbonyl (C=O) groups is 2. The molecule has 1 heterocycles. The fourth-order valence-corrected chi connectivity index (χ4v) is 2.80. The standard InChI is InChI=1S/C11H11NOS.C6H12O.C5H13N2O.C2H7N.C2H6.CH3NO.Y/c1-8-11(14-7-12-8)10-4-2-9(6-13)3-5-10;1-6(2,3)4-5-7;1-7-3-2-5(8)4-6;1-2-3;1-2;2-1-3;/h2-5,7,13H,6H2,1H3;5H,4H2,1-3H3;5,8H,2-4,6H2,1H3;2-3H2,1H3;1-2H3;1H,(H2,2,3);/q;;-1;;;;. The zero-order valence-electron chi connectivity index (χ0n) is 24.7. The molecule has 1 radical (unpaired) electrons. The van der Waals surface area contributed by atoms with Crippen LogP contribution in [0, 0.1) is 12.3 Å². The summed E-state index contributed by atoms with van der Waals surface area (Å²) >= 11 is 1.64. The van der Waals surface area contributed by atoms with E-state index < -0.39 is 0 Å². The molecule has 38 heavy (non-hydrogen) atoms. The average molecular weight is 632 g/mol. The topological polar surface area (TPSA) is 180 Å². The molecular formula is C27H52N5O4SY-. The van der Waals surface area contributed by atoms with Gasteiger partial charge in [-0.2, -0.15) is 7.05 Å². The Kier molecular flexibility index (Phi) is 41.7. The molecule has 9 nitrogen and oxygen atoms in total. The van der Waals surface area contributed by atoms with Crippen molar-refractivity contribution in [2.45, 2.75) is 74.0 Å². The van der Waals surface area contributed by atoms with Crippen LogP contribution in [0.2, 0.25) is 0 Å². The van der Waals surface area contributed by atoms with Crippen LogP contribution in [0.1, 0.15) is 65.6 Å². The van der Waals surface area contributed by atoms with Gasteiger partial charge in [0.15, 0.2) is 0 Å². The van der Waals surface area contributed by atoms with E-state index in [1.165, 1.54) is 10.4 Å². The second-order valence-electron chi connectivity index (χ2n) is 8.32. The van der Waals surface area contributed by atoms with E-state index in [1.807, 2.05) is 78.2 Å². The van der Waals surface area contributed by atoms with Crippen molar-refractivity contribution in [3.05, 3.63) is 46.4 Å². The third-order valence-corrected chi connectivity index (χ3v) is 4.78. The Morgan fingerprint density at radius 2 is 1.61 bits per heavy atom. The number of thiazole rings is 1. The van der Waals surface area contributed by atoms with Gasteiger partial charge in [-0.25, -0.2) is 4.98 Å². The fraction of sp³-hybridized carbons (Fsp3) is 0.593. The van der Waals surface area contributed by atoms with E-state index in [-0.39, 0.29) is 57.2 Å². The van der Waals surface area contributed by atoms with E-state index in [0.717, 1.165) is 24.1 Å². The van der Waals surface area contributed by atoms with Crippen LogP contribution in [-0.4, -0.2) is 60.7 Å². The van der Waals surface area contributed by atoms with Gasteiger partial charge in [-0.15, -0.1) is 17.9 Å². The molecule has 2 rings (SSSR count). The number of rotatable bonds is 7. The van der Waals surface area contributed by atoms with Gasteiger partial charge in [-0.1, -0.05) is 65.8 Å². The van der Waals surface area contributed by atoms with Gasteiger partial charge in [0.05, 0.1) is 28.8 Å². The van der Waals surface area contributed by atoms with E-state index in [2.05, 4.69) is 16.0 Å². The number of aldehydes is 1. The second-order valence-corrected chi connectivity index (χ2v) is 9.17. The number of nitrogens with zero attached hydrogens (tertiary/aromatic N) is 2. The third-order valence-electron chi connectivity index (χ3n) is 3.80. The number of amides is 1. The fourth-order valence-electron chi connectivity index (χ4n) is 1.99. The number of aliphatic hydroxyl groups is 2. The van der Waals surface area contributed by atoms with Gasteiger partial charge in [0, 0.05) is 45.7 Å². The Hall–Kier alpha value is -1.11. The molecule has 0 saturated heterocycles. The molecule has 0 aliphatic heterocycles. The minimum atomic E-state index is -0.362. The number of aliphatic hydroxyl groups excluding tert-OH is 2. The zero-order chi connectivity index (χ0) is 29.7. The minimum Gasteiger partial charge on any atom is -0.665 e. The van der Waals surface area contributed by atoms with Gasteiger partial charge in [-0.3, -0.25) is 4.79 Å². The first kappa shape index (κ1) is 46.7. The van der Waals surface area contributed by atoms with Gasteiger partial charge in [0.2, 0.25) is 6.41 Å². The molecular weight excluding hydrogens is 579 g/mol. The van der Waals surface area contributed by atoms with Gasteiger partial charge in [0.1, 0.15) is 6.29 Å². The Morgan fingerprint density at radius 3 is 1.87 bits per heavy atom. The molecule has 0 spiro atoms. The zero-order valence-corrected chi connectivity index (χ0v) is 28.3. The molecule has 1 amide bonds. The van der Waals surface area contributed by atoms with E-state index in [0.29, 0.717) is 25.9 Å². The summed E-state index contributed by atoms with van der Waals surface area (Å²) in [6, 6.07) is 7.92. The largest absolute Gasteiger partial charge is 0.665 e. The van der Waals surface area contributed by atoms with Gasteiger partial charge in [-0.05, 0) is 36.4 Å². The van der Waals surface area contributed by atoms with Crippen molar-refractivity contribution >= 4 is 24.0 Å². The number of aryl methyl sites for hydroxylation is 1. The second kappa shape index (κ2) is 33.9. The predicted octanol–water partition coefficient (Wildman–Crippen LogP) is 4.02. The molecule has 1 aromatic carbocycles. The number of primary amides is 1. The molecule has 219 valence electrons. The Labute approximate surface area is 260 Å². The molecule has 0 fully saturated rings. The summed E-state index contributed by atoms with van der Waals surface area (Å²) < 4.78 is 0. The molecule has 1 aromatic heterocycles. The van der Waals surface area contributed by atoms with Crippen LogP contribution in [0.25, 0.3) is 15.8 Å². The average Bonchev–Trinajstić information content (AvgIpc) is 3.30. The quantitative estimate of drug-likeness (QED) is 0.286. The molecule has 11 heteroatoms. The van der Waals surface area contributed by atoms with Crippen LogP contribution in [0.5, 0.6) is 0 Å². The number of benzene rings is 1. The van der Waals surface area contributed by atoms with E-state index in [4.69, 9.17) is 26.5 Å². The van der Waals surface area contributed by atoms with Crippen molar-refractivity contribution in [2.75, 3.05) is 26.7 Å². The van der Waals surface area contributed by atoms with Crippen molar-refractivity contribution < 1.29 is 52.5 Å².